The Morgan fingerprint density at radius 3 is 2.56 bits per heavy atom. The molecule has 2 amide bonds. The van der Waals surface area contributed by atoms with E-state index in [1.807, 2.05) is 0 Å². The van der Waals surface area contributed by atoms with E-state index >= 15 is 0 Å². The Balaban J connectivity index is 1.28. The van der Waals surface area contributed by atoms with E-state index in [-0.39, 0.29) is 43.0 Å². The van der Waals surface area contributed by atoms with E-state index in [9.17, 15) is 41.4 Å². The number of rotatable bonds is 11. The zero-order valence-electron chi connectivity index (χ0n) is 22.1. The maximum atomic E-state index is 14.6. The van der Waals surface area contributed by atoms with Crippen molar-refractivity contribution in [2.24, 2.45) is 0 Å². The SMILES string of the molecule is O=C(NCc1cc(C(F)(F)F)ccn1)c1cn(CC(F)CCn2ccc(NC(=O)[C@@H](O)c3ccccc3)c(F)c2=O)nn1. The van der Waals surface area contributed by atoms with Crippen LogP contribution in [0.15, 0.2) is 71.9 Å². The summed E-state index contributed by atoms with van der Waals surface area (Å²) in [5.74, 6) is -3.01. The number of carbonyl (C=O) groups is 2. The minimum Gasteiger partial charge on any atom is -0.378 e. The quantitative estimate of drug-likeness (QED) is 0.223. The number of hydrogen-bond acceptors (Lipinski definition) is 7. The van der Waals surface area contributed by atoms with E-state index in [4.69, 9.17) is 0 Å². The number of nitrogens with one attached hydrogen (secondary N) is 2. The summed E-state index contributed by atoms with van der Waals surface area (Å²) in [4.78, 5) is 40.8. The van der Waals surface area contributed by atoms with Crippen LogP contribution < -0.4 is 16.2 Å². The van der Waals surface area contributed by atoms with Gasteiger partial charge in [-0.2, -0.15) is 17.6 Å². The number of alkyl halides is 4. The molecule has 4 rings (SSSR count). The van der Waals surface area contributed by atoms with Gasteiger partial charge in [-0.25, -0.2) is 9.07 Å². The molecule has 2 atom stereocenters. The summed E-state index contributed by atoms with van der Waals surface area (Å²) >= 11 is 0. The van der Waals surface area contributed by atoms with E-state index in [0.29, 0.717) is 0 Å². The number of halogens is 5. The summed E-state index contributed by atoms with van der Waals surface area (Å²) in [6.45, 7) is -0.912. The zero-order valence-corrected chi connectivity index (χ0v) is 22.1. The molecule has 0 aliphatic carbocycles. The maximum Gasteiger partial charge on any atom is 0.416 e. The van der Waals surface area contributed by atoms with Crippen LogP contribution in [0.4, 0.5) is 27.6 Å². The van der Waals surface area contributed by atoms with Crippen molar-refractivity contribution in [2.75, 3.05) is 5.32 Å². The van der Waals surface area contributed by atoms with Gasteiger partial charge in [-0.3, -0.25) is 19.4 Å². The van der Waals surface area contributed by atoms with E-state index < -0.39 is 52.9 Å². The van der Waals surface area contributed by atoms with Gasteiger partial charge in [0, 0.05) is 18.9 Å². The smallest absolute Gasteiger partial charge is 0.378 e. The summed E-state index contributed by atoms with van der Waals surface area (Å²) < 4.78 is 69.7. The molecule has 0 bridgehead atoms. The van der Waals surface area contributed by atoms with Crippen molar-refractivity contribution in [2.45, 2.75) is 44.5 Å². The van der Waals surface area contributed by atoms with Crippen LogP contribution in [-0.4, -0.2) is 47.6 Å². The topological polar surface area (TPSA) is 144 Å². The fourth-order valence-electron chi connectivity index (χ4n) is 3.88. The molecule has 0 radical (unpaired) electrons. The van der Waals surface area contributed by atoms with Crippen LogP contribution in [0.25, 0.3) is 0 Å². The lowest BCUT2D eigenvalue weighted by atomic mass is 10.1. The van der Waals surface area contributed by atoms with Crippen LogP contribution >= 0.6 is 0 Å². The van der Waals surface area contributed by atoms with Crippen molar-refractivity contribution in [3.8, 4) is 0 Å². The number of hydrogen-bond donors (Lipinski definition) is 3. The highest BCUT2D eigenvalue weighted by atomic mass is 19.4. The lowest BCUT2D eigenvalue weighted by Crippen LogP contribution is -2.28. The largest absolute Gasteiger partial charge is 0.416 e. The first kappa shape index (κ1) is 31.0. The molecule has 11 nitrogen and oxygen atoms in total. The Kier molecular flexibility index (Phi) is 9.59. The molecule has 0 saturated heterocycles. The van der Waals surface area contributed by atoms with E-state index in [0.717, 1.165) is 39.8 Å². The van der Waals surface area contributed by atoms with Gasteiger partial charge in [0.25, 0.3) is 17.4 Å². The van der Waals surface area contributed by atoms with Gasteiger partial charge in [-0.15, -0.1) is 5.10 Å². The zero-order chi connectivity index (χ0) is 31.1. The second-order valence-electron chi connectivity index (χ2n) is 9.27. The predicted octanol–water partition coefficient (Wildman–Crippen LogP) is 3.02. The minimum atomic E-state index is -4.57. The molecule has 226 valence electrons. The van der Waals surface area contributed by atoms with Crippen molar-refractivity contribution < 1.29 is 36.6 Å². The summed E-state index contributed by atoms with van der Waals surface area (Å²) in [7, 11) is 0. The Morgan fingerprint density at radius 2 is 1.84 bits per heavy atom. The molecular weight excluding hydrogens is 581 g/mol. The number of nitrogens with zero attached hydrogens (tertiary/aromatic N) is 5. The minimum absolute atomic E-state index is 0.0359. The standard InChI is InChI=1S/C27H24F5N7O4/c28-18(14-39-15-21(36-37-39)24(41)34-13-19-12-17(6-9-33-19)27(30,31)32)7-10-38-11-8-20(22(29)26(38)43)35-25(42)23(40)16-4-2-1-3-5-16/h1-6,8-9,11-12,15,18,23,40H,7,10,13-14H2,(H,34,41)(H,35,42)/t18?,23-/m0/s1. The summed E-state index contributed by atoms with van der Waals surface area (Å²) in [6.07, 6.45) is -4.73. The van der Waals surface area contributed by atoms with Crippen LogP contribution in [0.2, 0.25) is 0 Å². The molecule has 0 aliphatic heterocycles. The second kappa shape index (κ2) is 13.3. The molecule has 0 fully saturated rings. The lowest BCUT2D eigenvalue weighted by molar-refractivity contribution is -0.137. The van der Waals surface area contributed by atoms with Gasteiger partial charge in [0.05, 0.1) is 36.2 Å². The highest BCUT2D eigenvalue weighted by Gasteiger charge is 2.30. The number of aromatic nitrogens is 5. The number of carbonyl (C=O) groups excluding carboxylic acids is 2. The van der Waals surface area contributed by atoms with Crippen LogP contribution in [-0.2, 0) is 30.6 Å². The Hall–Kier alpha value is -4.99. The number of aryl methyl sites for hydroxylation is 1. The Labute approximate surface area is 240 Å². The molecule has 1 aromatic carbocycles. The van der Waals surface area contributed by atoms with E-state index in [2.05, 4.69) is 25.9 Å². The summed E-state index contributed by atoms with van der Waals surface area (Å²) in [6, 6.07) is 10.6. The number of anilines is 1. The molecule has 4 aromatic rings. The van der Waals surface area contributed by atoms with Crippen LogP contribution in [0, 0.1) is 5.82 Å². The van der Waals surface area contributed by atoms with Crippen LogP contribution in [0.5, 0.6) is 0 Å². The van der Waals surface area contributed by atoms with Crippen molar-refractivity contribution >= 4 is 17.5 Å². The molecule has 0 saturated carbocycles. The summed E-state index contributed by atoms with van der Waals surface area (Å²) in [5, 5.41) is 21.9. The fraction of sp³-hybridized carbons (Fsp3) is 0.259. The van der Waals surface area contributed by atoms with Crippen molar-refractivity contribution in [3.63, 3.8) is 0 Å². The molecule has 3 N–H and O–H groups in total. The molecule has 16 heteroatoms. The van der Waals surface area contributed by atoms with E-state index in [1.165, 1.54) is 18.3 Å². The molecular formula is C27H24F5N7O4. The number of aliphatic hydroxyl groups is 1. The van der Waals surface area contributed by atoms with Crippen molar-refractivity contribution in [1.29, 1.82) is 0 Å². The van der Waals surface area contributed by atoms with Crippen molar-refractivity contribution in [1.82, 2.24) is 29.9 Å². The first-order chi connectivity index (χ1) is 20.4. The third kappa shape index (κ3) is 8.06. The van der Waals surface area contributed by atoms with Gasteiger partial charge < -0.3 is 20.3 Å². The molecule has 1 unspecified atom stereocenters. The Morgan fingerprint density at radius 1 is 1.09 bits per heavy atom. The number of aliphatic hydroxyl groups excluding tert-OH is 1. The van der Waals surface area contributed by atoms with Gasteiger partial charge in [0.2, 0.25) is 5.82 Å². The highest BCUT2D eigenvalue weighted by Crippen LogP contribution is 2.29. The number of amides is 2. The lowest BCUT2D eigenvalue weighted by Gasteiger charge is -2.14. The average molecular weight is 606 g/mol. The Bertz CT molecular complexity index is 1640. The van der Waals surface area contributed by atoms with Crippen molar-refractivity contribution in [3.05, 3.63) is 106 Å². The van der Waals surface area contributed by atoms with E-state index in [1.54, 1.807) is 18.2 Å². The van der Waals surface area contributed by atoms with Crippen LogP contribution in [0.3, 0.4) is 0 Å². The first-order valence-electron chi connectivity index (χ1n) is 12.7. The second-order valence-corrected chi connectivity index (χ2v) is 9.27. The van der Waals surface area contributed by atoms with Gasteiger partial charge in [0.15, 0.2) is 11.8 Å². The maximum absolute atomic E-state index is 14.6. The molecule has 0 spiro atoms. The van der Waals surface area contributed by atoms with Crippen LogP contribution in [0.1, 0.15) is 39.8 Å². The molecule has 0 aliphatic rings. The van der Waals surface area contributed by atoms with Gasteiger partial charge in [-0.1, -0.05) is 35.5 Å². The fourth-order valence-corrected chi connectivity index (χ4v) is 3.88. The highest BCUT2D eigenvalue weighted by molar-refractivity contribution is 5.94. The molecule has 3 heterocycles. The normalized spacial score (nSPS) is 12.9. The molecule has 3 aromatic heterocycles. The van der Waals surface area contributed by atoms with Gasteiger partial charge in [0.1, 0.15) is 6.17 Å². The third-order valence-corrected chi connectivity index (χ3v) is 6.14. The predicted molar refractivity (Wildman–Crippen MR) is 141 cm³/mol. The molecule has 43 heavy (non-hydrogen) atoms. The number of benzene rings is 1. The summed E-state index contributed by atoms with van der Waals surface area (Å²) in [5.41, 5.74) is -2.46. The third-order valence-electron chi connectivity index (χ3n) is 6.14. The average Bonchev–Trinajstić information content (AvgIpc) is 3.46. The monoisotopic (exact) mass is 605 g/mol. The first-order valence-corrected chi connectivity index (χ1v) is 12.7. The van der Waals surface area contributed by atoms with Gasteiger partial charge >= 0.3 is 6.18 Å². The van der Waals surface area contributed by atoms with Gasteiger partial charge in [-0.05, 0) is 30.2 Å². The number of pyridine rings is 2.